The Morgan fingerprint density at radius 1 is 0.909 bits per heavy atom. The van der Waals surface area contributed by atoms with Gasteiger partial charge >= 0.3 is 0 Å². The molecule has 3 aromatic carbocycles. The van der Waals surface area contributed by atoms with Gasteiger partial charge in [-0.15, -0.1) is 5.11 Å². The normalized spacial score (nSPS) is 11.8. The number of nitrogens with one attached hydrogen (secondary N) is 1. The van der Waals surface area contributed by atoms with Crippen LogP contribution in [0.15, 0.2) is 92.1 Å². The number of benzene rings is 3. The molecule has 0 aromatic heterocycles. The van der Waals surface area contributed by atoms with Crippen LogP contribution < -0.4 is 5.32 Å². The predicted octanol–water partition coefficient (Wildman–Crippen LogP) is 5.05. The van der Waals surface area contributed by atoms with Crippen molar-refractivity contribution in [3.8, 4) is 5.75 Å². The van der Waals surface area contributed by atoms with E-state index in [4.69, 9.17) is 4.74 Å². The molecule has 0 atom stereocenters. The molecule has 12 heteroatoms. The molecule has 0 bridgehead atoms. The highest BCUT2D eigenvalue weighted by Crippen LogP contribution is 2.32. The minimum absolute atomic E-state index is 0.105. The van der Waals surface area contributed by atoms with E-state index >= 15 is 0 Å². The first kappa shape index (κ1) is 23.7. The molecule has 0 radical (unpaired) electrons. The number of amides is 1. The fourth-order valence-corrected chi connectivity index (χ4v) is 3.06. The molecular formula is C21H19N5O6S. The average molecular weight is 469 g/mol. The van der Waals surface area contributed by atoms with E-state index in [1.807, 2.05) is 0 Å². The lowest BCUT2D eigenvalue weighted by atomic mass is 10.2. The van der Waals surface area contributed by atoms with Gasteiger partial charge in [-0.2, -0.15) is 23.8 Å². The van der Waals surface area contributed by atoms with E-state index in [1.54, 1.807) is 24.3 Å². The van der Waals surface area contributed by atoms with Crippen LogP contribution in [0, 0.1) is 0 Å². The van der Waals surface area contributed by atoms with Crippen molar-refractivity contribution in [2.45, 2.75) is 4.90 Å². The Bertz CT molecular complexity index is 1310. The van der Waals surface area contributed by atoms with E-state index in [0.717, 1.165) is 6.07 Å². The molecule has 3 N–H and O–H groups in total. The molecule has 0 saturated carbocycles. The fourth-order valence-electron chi connectivity index (χ4n) is 2.54. The number of aromatic hydroxyl groups is 1. The lowest BCUT2D eigenvalue weighted by Gasteiger charge is -2.08. The van der Waals surface area contributed by atoms with Crippen LogP contribution >= 0.6 is 0 Å². The van der Waals surface area contributed by atoms with Crippen molar-refractivity contribution in [1.29, 1.82) is 0 Å². The lowest BCUT2D eigenvalue weighted by Crippen LogP contribution is -2.17. The molecule has 3 rings (SSSR count). The summed E-state index contributed by atoms with van der Waals surface area (Å²) in [6.45, 7) is -0.188. The number of anilines is 1. The highest BCUT2D eigenvalue weighted by molar-refractivity contribution is 7.85. The number of carbonyl (C=O) groups excluding carboxylic acids is 1. The zero-order chi connectivity index (χ0) is 23.8. The first-order valence-electron chi connectivity index (χ1n) is 9.37. The molecular weight excluding hydrogens is 450 g/mol. The second-order valence-electron chi connectivity index (χ2n) is 6.57. The number of ether oxygens (including phenoxy) is 1. The van der Waals surface area contributed by atoms with Crippen molar-refractivity contribution >= 4 is 44.5 Å². The molecule has 33 heavy (non-hydrogen) atoms. The molecule has 0 heterocycles. The van der Waals surface area contributed by atoms with Gasteiger partial charge in [-0.1, -0.05) is 6.07 Å². The van der Waals surface area contributed by atoms with Crippen LogP contribution in [0.1, 0.15) is 0 Å². The highest BCUT2D eigenvalue weighted by Gasteiger charge is 2.11. The summed E-state index contributed by atoms with van der Waals surface area (Å²) in [4.78, 5) is 11.7. The summed E-state index contributed by atoms with van der Waals surface area (Å²) in [6.07, 6.45) is 0. The molecule has 0 aliphatic rings. The first-order chi connectivity index (χ1) is 15.7. The maximum absolute atomic E-state index is 12.0. The second kappa shape index (κ2) is 10.5. The summed E-state index contributed by atoms with van der Waals surface area (Å²) in [5.41, 5.74) is 1.63. The van der Waals surface area contributed by atoms with Crippen LogP contribution in [0.3, 0.4) is 0 Å². The monoisotopic (exact) mass is 469 g/mol. The van der Waals surface area contributed by atoms with E-state index < -0.39 is 16.0 Å². The van der Waals surface area contributed by atoms with E-state index in [9.17, 15) is 22.9 Å². The Labute approximate surface area is 189 Å². The van der Waals surface area contributed by atoms with E-state index in [2.05, 4.69) is 25.8 Å². The number of phenols is 1. The smallest absolute Gasteiger partial charge is 0.294 e. The quantitative estimate of drug-likeness (QED) is 0.308. The molecule has 170 valence electrons. The summed E-state index contributed by atoms with van der Waals surface area (Å²) in [7, 11) is -3.01. The van der Waals surface area contributed by atoms with Crippen molar-refractivity contribution in [3.63, 3.8) is 0 Å². The van der Waals surface area contributed by atoms with Gasteiger partial charge in [-0.25, -0.2) is 0 Å². The van der Waals surface area contributed by atoms with E-state index in [0.29, 0.717) is 11.4 Å². The molecule has 1 amide bonds. The third-order valence-electron chi connectivity index (χ3n) is 4.05. The topological polar surface area (TPSA) is 162 Å². The van der Waals surface area contributed by atoms with Gasteiger partial charge in [0.1, 0.15) is 18.0 Å². The maximum atomic E-state index is 12.0. The molecule has 0 aliphatic carbocycles. The van der Waals surface area contributed by atoms with E-state index in [-0.39, 0.29) is 34.3 Å². The average Bonchev–Trinajstić information content (AvgIpc) is 2.78. The van der Waals surface area contributed by atoms with Crippen molar-refractivity contribution in [1.82, 2.24) is 0 Å². The number of hydrogen-bond donors (Lipinski definition) is 3. The first-order valence-corrected chi connectivity index (χ1v) is 10.8. The minimum atomic E-state index is -4.39. The summed E-state index contributed by atoms with van der Waals surface area (Å²) in [5, 5.41) is 28.2. The summed E-state index contributed by atoms with van der Waals surface area (Å²) < 4.78 is 36.6. The molecule has 0 saturated heterocycles. The zero-order valence-corrected chi connectivity index (χ0v) is 18.1. The number of methoxy groups -OCH3 is 1. The molecule has 3 aromatic rings. The van der Waals surface area contributed by atoms with Crippen LogP contribution in [0.2, 0.25) is 0 Å². The Kier molecular flexibility index (Phi) is 7.56. The van der Waals surface area contributed by atoms with Gasteiger partial charge in [0, 0.05) is 7.11 Å². The molecule has 0 fully saturated rings. The molecule has 0 spiro atoms. The zero-order valence-electron chi connectivity index (χ0n) is 17.3. The van der Waals surface area contributed by atoms with Gasteiger partial charge in [-0.3, -0.25) is 9.35 Å². The highest BCUT2D eigenvalue weighted by atomic mass is 32.2. The van der Waals surface area contributed by atoms with Crippen LogP contribution in [0.25, 0.3) is 0 Å². The number of nitrogens with zero attached hydrogens (tertiary/aromatic N) is 4. The Balaban J connectivity index is 1.90. The van der Waals surface area contributed by atoms with Crippen molar-refractivity contribution in [2.75, 3.05) is 19.0 Å². The van der Waals surface area contributed by atoms with Gasteiger partial charge in [0.15, 0.2) is 0 Å². The number of azo groups is 2. The summed E-state index contributed by atoms with van der Waals surface area (Å²) in [6, 6.07) is 16.1. The number of rotatable bonds is 8. The van der Waals surface area contributed by atoms with Gasteiger partial charge in [0.25, 0.3) is 10.1 Å². The van der Waals surface area contributed by atoms with Crippen LogP contribution in [0.5, 0.6) is 5.75 Å². The summed E-state index contributed by atoms with van der Waals surface area (Å²) in [5.74, 6) is -0.330. The van der Waals surface area contributed by atoms with Crippen LogP contribution in [-0.2, 0) is 19.6 Å². The van der Waals surface area contributed by atoms with Gasteiger partial charge in [-0.05, 0) is 60.7 Å². The number of carbonyl (C=O) groups is 1. The standard InChI is InChI=1S/C21H19N5O6S/c1-32-13-21(28)22-20-12-16(24-23-14-5-8-17(27)9-6-14)7-10-19(20)26-25-15-3-2-4-18(11-15)33(29,30)31/h2-12,27H,13H2,1H3,(H,22,28)(H,29,30,31). The summed E-state index contributed by atoms with van der Waals surface area (Å²) >= 11 is 0. The second-order valence-corrected chi connectivity index (χ2v) is 7.99. The van der Waals surface area contributed by atoms with Crippen molar-refractivity contribution < 1.29 is 27.6 Å². The molecule has 0 aliphatic heterocycles. The van der Waals surface area contributed by atoms with Crippen LogP contribution in [0.4, 0.5) is 28.4 Å². The third kappa shape index (κ3) is 7.00. The Hall–Kier alpha value is -4.00. The van der Waals surface area contributed by atoms with Gasteiger partial charge in [0.05, 0.1) is 27.6 Å². The fraction of sp³-hybridized carbons (Fsp3) is 0.0952. The molecule has 11 nitrogen and oxygen atoms in total. The van der Waals surface area contributed by atoms with Gasteiger partial charge < -0.3 is 15.2 Å². The van der Waals surface area contributed by atoms with Crippen molar-refractivity contribution in [2.24, 2.45) is 20.5 Å². The van der Waals surface area contributed by atoms with Gasteiger partial charge in [0.2, 0.25) is 5.91 Å². The Morgan fingerprint density at radius 2 is 1.55 bits per heavy atom. The van der Waals surface area contributed by atoms with E-state index in [1.165, 1.54) is 43.5 Å². The largest absolute Gasteiger partial charge is 0.508 e. The minimum Gasteiger partial charge on any atom is -0.508 e. The lowest BCUT2D eigenvalue weighted by molar-refractivity contribution is -0.119. The third-order valence-corrected chi connectivity index (χ3v) is 4.90. The maximum Gasteiger partial charge on any atom is 0.294 e. The molecule has 0 unspecified atom stereocenters. The Morgan fingerprint density at radius 3 is 2.24 bits per heavy atom. The number of phenolic OH excluding ortho intramolecular Hbond substituents is 1. The SMILES string of the molecule is COCC(=O)Nc1cc(N=Nc2ccc(O)cc2)ccc1N=Nc1cccc(S(=O)(=O)O)c1. The van der Waals surface area contributed by atoms with Crippen molar-refractivity contribution in [3.05, 3.63) is 66.7 Å². The van der Waals surface area contributed by atoms with Crippen LogP contribution in [-0.4, -0.2) is 37.7 Å². The number of hydrogen-bond acceptors (Lipinski definition) is 9. The predicted molar refractivity (Wildman–Crippen MR) is 120 cm³/mol.